The van der Waals surface area contributed by atoms with E-state index in [-0.39, 0.29) is 19.8 Å². The SMILES string of the molecule is CCc1cc(Cc2cccc(C3(O)O[C@H](COCc4ccccc4)[C@@H](OCc4ccccc4)[C@H](OCc4ccccc4)[C@H]3OCc3ccccc3)c2)c2cc(C(C)C)cccc1-2. The zero-order valence-electron chi connectivity index (χ0n) is 36.1. The molecule has 5 aromatic rings. The molecule has 318 valence electrons. The van der Waals surface area contributed by atoms with Gasteiger partial charge in [-0.1, -0.05) is 191 Å². The Morgan fingerprint density at radius 3 is 1.65 bits per heavy atom. The van der Waals surface area contributed by atoms with E-state index >= 15 is 0 Å². The van der Waals surface area contributed by atoms with Crippen LogP contribution in [0, 0.1) is 0 Å². The van der Waals surface area contributed by atoms with Crippen LogP contribution in [0.15, 0.2) is 176 Å². The van der Waals surface area contributed by atoms with E-state index in [4.69, 9.17) is 23.7 Å². The minimum atomic E-state index is -1.96. The molecule has 0 amide bonds. The maximum atomic E-state index is 13.4. The fourth-order valence-corrected chi connectivity index (χ4v) is 8.56. The van der Waals surface area contributed by atoms with E-state index in [0.29, 0.717) is 31.1 Å². The van der Waals surface area contributed by atoms with Gasteiger partial charge >= 0.3 is 0 Å². The lowest BCUT2D eigenvalue weighted by Crippen LogP contribution is -2.65. The summed E-state index contributed by atoms with van der Waals surface area (Å²) in [6, 6.07) is 59.7. The molecule has 0 bridgehead atoms. The Kier molecular flexibility index (Phi) is 14.4. The van der Waals surface area contributed by atoms with Crippen molar-refractivity contribution in [1.29, 1.82) is 0 Å². The average Bonchev–Trinajstić information content (AvgIpc) is 3.46. The largest absolute Gasteiger partial charge is 0.374 e. The molecular formula is C56H58O6. The van der Waals surface area contributed by atoms with Crippen molar-refractivity contribution < 1.29 is 28.8 Å². The maximum Gasteiger partial charge on any atom is 0.222 e. The summed E-state index contributed by atoms with van der Waals surface area (Å²) >= 11 is 0. The smallest absolute Gasteiger partial charge is 0.222 e. The summed E-state index contributed by atoms with van der Waals surface area (Å²) in [5.74, 6) is -1.56. The molecule has 0 spiro atoms. The van der Waals surface area contributed by atoms with Crippen LogP contribution in [0.3, 0.4) is 0 Å². The molecule has 0 aromatic heterocycles. The van der Waals surface area contributed by atoms with Crippen LogP contribution in [0.5, 0.6) is 0 Å². The van der Waals surface area contributed by atoms with Gasteiger partial charge in [-0.2, -0.15) is 0 Å². The predicted molar refractivity (Wildman–Crippen MR) is 246 cm³/mol. The second-order valence-corrected chi connectivity index (χ2v) is 16.7. The van der Waals surface area contributed by atoms with Crippen molar-refractivity contribution in [3.8, 4) is 11.1 Å². The lowest BCUT2D eigenvalue weighted by molar-refractivity contribution is -0.378. The van der Waals surface area contributed by atoms with Crippen molar-refractivity contribution in [2.75, 3.05) is 6.61 Å². The van der Waals surface area contributed by atoms with Crippen LogP contribution in [0.4, 0.5) is 0 Å². The van der Waals surface area contributed by atoms with E-state index in [0.717, 1.165) is 34.2 Å². The summed E-state index contributed by atoms with van der Waals surface area (Å²) in [7, 11) is 0. The van der Waals surface area contributed by atoms with Crippen molar-refractivity contribution >= 4 is 0 Å². The highest BCUT2D eigenvalue weighted by atomic mass is 16.7. The Hall–Kier alpha value is -5.44. The Morgan fingerprint density at radius 1 is 0.532 bits per heavy atom. The van der Waals surface area contributed by atoms with Crippen LogP contribution < -0.4 is 0 Å². The van der Waals surface area contributed by atoms with Gasteiger partial charge in [-0.3, -0.25) is 0 Å². The van der Waals surface area contributed by atoms with E-state index in [1.807, 2.05) is 133 Å². The quantitative estimate of drug-likeness (QED) is 0.0930. The Labute approximate surface area is 367 Å². The highest BCUT2D eigenvalue weighted by molar-refractivity contribution is 5.76. The highest BCUT2D eigenvalue weighted by Crippen LogP contribution is 2.43. The molecule has 62 heavy (non-hydrogen) atoms. The Morgan fingerprint density at radius 2 is 1.06 bits per heavy atom. The first kappa shape index (κ1) is 43.2. The summed E-state index contributed by atoms with van der Waals surface area (Å²) < 4.78 is 34.2. The first-order valence-electron chi connectivity index (χ1n) is 22.0. The van der Waals surface area contributed by atoms with Gasteiger partial charge in [0.25, 0.3) is 0 Å². The van der Waals surface area contributed by atoms with E-state index in [9.17, 15) is 5.11 Å². The van der Waals surface area contributed by atoms with Crippen LogP contribution in [0.25, 0.3) is 11.1 Å². The summed E-state index contributed by atoms with van der Waals surface area (Å²) in [5.41, 5.74) is 12.1. The summed E-state index contributed by atoms with van der Waals surface area (Å²) in [4.78, 5) is 0. The molecule has 1 heterocycles. The molecule has 1 fully saturated rings. The van der Waals surface area contributed by atoms with Crippen LogP contribution in [-0.2, 0) is 68.7 Å². The number of fused-ring (bicyclic) bond motifs is 1. The lowest BCUT2D eigenvalue weighted by atomic mass is 9.86. The number of aryl methyl sites for hydroxylation is 1. The number of rotatable bonds is 18. The van der Waals surface area contributed by atoms with Gasteiger partial charge in [0.05, 0.1) is 33.0 Å². The van der Waals surface area contributed by atoms with Crippen LogP contribution in [0.2, 0.25) is 0 Å². The molecule has 1 unspecified atom stereocenters. The molecule has 2 aliphatic carbocycles. The van der Waals surface area contributed by atoms with Gasteiger partial charge in [0.2, 0.25) is 5.79 Å². The van der Waals surface area contributed by atoms with Crippen molar-refractivity contribution in [2.24, 2.45) is 0 Å². The zero-order valence-corrected chi connectivity index (χ0v) is 36.1. The molecule has 1 aliphatic heterocycles. The normalized spacial score (nSPS) is 20.1. The van der Waals surface area contributed by atoms with Crippen LogP contribution in [0.1, 0.15) is 76.8 Å². The summed E-state index contributed by atoms with van der Waals surface area (Å²) in [6.45, 7) is 8.00. The monoisotopic (exact) mass is 826 g/mol. The van der Waals surface area contributed by atoms with Gasteiger partial charge < -0.3 is 28.8 Å². The van der Waals surface area contributed by atoms with Crippen molar-refractivity contribution in [1.82, 2.24) is 0 Å². The van der Waals surface area contributed by atoms with E-state index in [1.165, 1.54) is 27.8 Å². The molecule has 8 rings (SSSR count). The molecule has 5 atom stereocenters. The molecule has 6 heteroatoms. The van der Waals surface area contributed by atoms with Gasteiger partial charge in [0.15, 0.2) is 0 Å². The van der Waals surface area contributed by atoms with Gasteiger partial charge in [0, 0.05) is 5.56 Å². The third-order valence-electron chi connectivity index (χ3n) is 11.9. The molecule has 1 saturated heterocycles. The molecule has 0 saturated carbocycles. The fourth-order valence-electron chi connectivity index (χ4n) is 8.56. The first-order chi connectivity index (χ1) is 30.4. The van der Waals surface area contributed by atoms with E-state index in [1.54, 1.807) is 0 Å². The summed E-state index contributed by atoms with van der Waals surface area (Å²) in [5, 5.41) is 13.4. The Bertz CT molecular complexity index is 2400. The second kappa shape index (κ2) is 20.6. The third kappa shape index (κ3) is 10.4. The molecule has 6 nitrogen and oxygen atoms in total. The molecular weight excluding hydrogens is 769 g/mol. The van der Waals surface area contributed by atoms with Crippen molar-refractivity contribution in [3.63, 3.8) is 0 Å². The molecule has 5 aromatic carbocycles. The molecule has 1 N–H and O–H groups in total. The van der Waals surface area contributed by atoms with Crippen molar-refractivity contribution in [3.05, 3.63) is 226 Å². The van der Waals surface area contributed by atoms with Gasteiger partial charge in [0.1, 0.15) is 24.4 Å². The maximum absolute atomic E-state index is 13.4. The van der Waals surface area contributed by atoms with Gasteiger partial charge in [-0.25, -0.2) is 0 Å². The fraction of sp³-hybridized carbons (Fsp3) is 0.286. The zero-order chi connectivity index (χ0) is 42.7. The number of hydrogen-bond acceptors (Lipinski definition) is 6. The number of benzene rings is 5. The van der Waals surface area contributed by atoms with Crippen molar-refractivity contribution in [2.45, 2.75) is 96.2 Å². The minimum Gasteiger partial charge on any atom is -0.374 e. The van der Waals surface area contributed by atoms with Gasteiger partial charge in [-0.15, -0.1) is 0 Å². The van der Waals surface area contributed by atoms with E-state index < -0.39 is 30.2 Å². The third-order valence-corrected chi connectivity index (χ3v) is 11.9. The highest BCUT2D eigenvalue weighted by Gasteiger charge is 2.57. The average molecular weight is 827 g/mol. The van der Waals surface area contributed by atoms with Crippen LogP contribution in [-0.4, -0.2) is 36.1 Å². The Balaban J connectivity index is 1.19. The minimum absolute atomic E-state index is 0.140. The number of hydrogen-bond donors (Lipinski definition) is 1. The van der Waals surface area contributed by atoms with Crippen LogP contribution >= 0.6 is 0 Å². The first-order valence-corrected chi connectivity index (χ1v) is 22.0. The predicted octanol–water partition coefficient (Wildman–Crippen LogP) is 11.6. The number of aliphatic hydroxyl groups is 1. The molecule has 3 aliphatic rings. The standard InChI is InChI=1S/C56H58O6/c1-4-46-33-48(51-34-47(40(2)3)28-18-30-50(46)51)31-45-27-17-29-49(32-45)56(57)55(61-38-44-25-15-8-16-26-44)54(60-37-43-23-13-7-14-24-43)53(59-36-42-21-11-6-12-22-42)52(62-56)39-58-35-41-19-9-5-10-20-41/h5-30,32-34,40,52-55,57H,4,31,35-39H2,1-3H3/t52-,53-,54+,55-,56?/m1/s1. The molecule has 0 radical (unpaired) electrons. The van der Waals surface area contributed by atoms with Gasteiger partial charge in [-0.05, 0) is 80.5 Å². The topological polar surface area (TPSA) is 66.4 Å². The lowest BCUT2D eigenvalue weighted by Gasteiger charge is -2.50. The van der Waals surface area contributed by atoms with E-state index in [2.05, 4.69) is 63.2 Å². The summed E-state index contributed by atoms with van der Waals surface area (Å²) in [6.07, 6.45) is -1.59. The second-order valence-electron chi connectivity index (χ2n) is 16.7. The number of ether oxygens (including phenoxy) is 5.